The summed E-state index contributed by atoms with van der Waals surface area (Å²) in [5.74, 6) is 2.30. The average molecular weight is 355 g/mol. The van der Waals surface area contributed by atoms with Crippen LogP contribution in [0.5, 0.6) is 0 Å². The van der Waals surface area contributed by atoms with Crippen LogP contribution in [-0.2, 0) is 17.8 Å². The number of aryl methyl sites for hydroxylation is 1. The Balaban J connectivity index is 1.25. The van der Waals surface area contributed by atoms with Crippen LogP contribution in [0, 0.1) is 0 Å². The molecule has 0 N–H and O–H groups in total. The van der Waals surface area contributed by atoms with Crippen molar-refractivity contribution < 1.29 is 9.32 Å². The molecule has 0 radical (unpaired) electrons. The zero-order valence-electron chi connectivity index (χ0n) is 15.0. The quantitative estimate of drug-likeness (QED) is 0.789. The zero-order chi connectivity index (χ0) is 17.8. The standard InChI is InChI=1S/C19H25N5O2/c25-18(7-4-15-3-1-8-20-13-15)24-10-2-9-23(11-12-24)14-17-21-19(22-26-17)16-5-6-16/h1,3,8,13,16H,2,4-7,9-12,14H2. The number of nitrogens with zero attached hydrogens (tertiary/aromatic N) is 5. The summed E-state index contributed by atoms with van der Waals surface area (Å²) in [5.41, 5.74) is 1.11. The van der Waals surface area contributed by atoms with E-state index in [-0.39, 0.29) is 5.91 Å². The van der Waals surface area contributed by atoms with E-state index in [1.807, 2.05) is 23.2 Å². The normalized spacial score (nSPS) is 18.7. The Kier molecular flexibility index (Phi) is 5.24. The SMILES string of the molecule is O=C(CCc1cccnc1)N1CCCN(Cc2nc(C3CC3)no2)CC1. The van der Waals surface area contributed by atoms with Crippen LogP contribution in [0.2, 0.25) is 0 Å². The fourth-order valence-electron chi connectivity index (χ4n) is 3.36. The van der Waals surface area contributed by atoms with Gasteiger partial charge >= 0.3 is 0 Å². The smallest absolute Gasteiger partial charge is 0.240 e. The van der Waals surface area contributed by atoms with Crippen molar-refractivity contribution >= 4 is 5.91 Å². The fourth-order valence-corrected chi connectivity index (χ4v) is 3.36. The second kappa shape index (κ2) is 7.95. The summed E-state index contributed by atoms with van der Waals surface area (Å²) in [4.78, 5) is 25.4. The van der Waals surface area contributed by atoms with Crippen molar-refractivity contribution in [2.75, 3.05) is 26.2 Å². The molecule has 1 saturated carbocycles. The van der Waals surface area contributed by atoms with Crippen molar-refractivity contribution in [1.82, 2.24) is 24.9 Å². The van der Waals surface area contributed by atoms with Gasteiger partial charge in [-0.15, -0.1) is 0 Å². The lowest BCUT2D eigenvalue weighted by Gasteiger charge is -2.21. The van der Waals surface area contributed by atoms with Crippen LogP contribution in [0.1, 0.15) is 48.9 Å². The number of rotatable bonds is 6. The van der Waals surface area contributed by atoms with E-state index in [0.717, 1.165) is 50.4 Å². The van der Waals surface area contributed by atoms with Gasteiger partial charge in [-0.2, -0.15) is 4.98 Å². The zero-order valence-corrected chi connectivity index (χ0v) is 15.0. The molecule has 0 bridgehead atoms. The number of pyridine rings is 1. The van der Waals surface area contributed by atoms with Crippen LogP contribution in [0.25, 0.3) is 0 Å². The highest BCUT2D eigenvalue weighted by atomic mass is 16.5. The van der Waals surface area contributed by atoms with E-state index in [1.165, 1.54) is 12.8 Å². The molecule has 2 fully saturated rings. The maximum absolute atomic E-state index is 12.5. The van der Waals surface area contributed by atoms with Crippen molar-refractivity contribution in [3.63, 3.8) is 0 Å². The van der Waals surface area contributed by atoms with Gasteiger partial charge in [0.2, 0.25) is 11.8 Å². The van der Waals surface area contributed by atoms with Crippen LogP contribution in [0.4, 0.5) is 0 Å². The summed E-state index contributed by atoms with van der Waals surface area (Å²) < 4.78 is 5.38. The number of hydrogen-bond donors (Lipinski definition) is 0. The van der Waals surface area contributed by atoms with E-state index >= 15 is 0 Å². The van der Waals surface area contributed by atoms with Crippen LogP contribution < -0.4 is 0 Å². The van der Waals surface area contributed by atoms with Crippen molar-refractivity contribution in [3.05, 3.63) is 41.8 Å². The van der Waals surface area contributed by atoms with Crippen molar-refractivity contribution in [2.45, 2.75) is 44.6 Å². The fraction of sp³-hybridized carbons (Fsp3) is 0.579. The first kappa shape index (κ1) is 17.1. The largest absolute Gasteiger partial charge is 0.341 e. The van der Waals surface area contributed by atoms with Gasteiger partial charge in [0.25, 0.3) is 0 Å². The summed E-state index contributed by atoms with van der Waals surface area (Å²) in [5, 5.41) is 4.08. The minimum Gasteiger partial charge on any atom is -0.341 e. The monoisotopic (exact) mass is 355 g/mol. The number of carbonyl (C=O) groups is 1. The molecule has 0 spiro atoms. The molecule has 7 heteroatoms. The van der Waals surface area contributed by atoms with Gasteiger partial charge < -0.3 is 9.42 Å². The van der Waals surface area contributed by atoms with Crippen LogP contribution >= 0.6 is 0 Å². The van der Waals surface area contributed by atoms with E-state index < -0.39 is 0 Å². The second-order valence-corrected chi connectivity index (χ2v) is 7.19. The predicted molar refractivity (Wildman–Crippen MR) is 95.3 cm³/mol. The number of amides is 1. The minimum absolute atomic E-state index is 0.226. The van der Waals surface area contributed by atoms with Crippen LogP contribution in [0.15, 0.2) is 29.0 Å². The first-order valence-electron chi connectivity index (χ1n) is 9.49. The number of aromatic nitrogens is 3. The Bertz CT molecular complexity index is 729. The predicted octanol–water partition coefficient (Wildman–Crippen LogP) is 2.01. The summed E-state index contributed by atoms with van der Waals surface area (Å²) in [7, 11) is 0. The number of hydrogen-bond acceptors (Lipinski definition) is 6. The summed E-state index contributed by atoms with van der Waals surface area (Å²) >= 11 is 0. The van der Waals surface area contributed by atoms with E-state index in [4.69, 9.17) is 4.52 Å². The molecule has 0 aromatic carbocycles. The molecule has 1 saturated heterocycles. The maximum atomic E-state index is 12.5. The number of carbonyl (C=O) groups excluding carboxylic acids is 1. The molecule has 1 aliphatic heterocycles. The Morgan fingerprint density at radius 1 is 1.23 bits per heavy atom. The summed E-state index contributed by atoms with van der Waals surface area (Å²) in [6, 6.07) is 3.93. The highest BCUT2D eigenvalue weighted by molar-refractivity contribution is 5.76. The third-order valence-electron chi connectivity index (χ3n) is 5.08. The Hall–Kier alpha value is -2.28. The van der Waals surface area contributed by atoms with Gasteiger partial charge in [0.15, 0.2) is 5.82 Å². The van der Waals surface area contributed by atoms with E-state index in [9.17, 15) is 4.79 Å². The van der Waals surface area contributed by atoms with Crippen LogP contribution in [-0.4, -0.2) is 57.0 Å². The minimum atomic E-state index is 0.226. The second-order valence-electron chi connectivity index (χ2n) is 7.19. The first-order valence-corrected chi connectivity index (χ1v) is 9.49. The molecule has 2 aromatic heterocycles. The van der Waals surface area contributed by atoms with Gasteiger partial charge in [-0.25, -0.2) is 0 Å². The van der Waals surface area contributed by atoms with Gasteiger partial charge in [0.05, 0.1) is 6.54 Å². The summed E-state index contributed by atoms with van der Waals surface area (Å²) in [6.45, 7) is 4.06. The molecule has 3 heterocycles. The molecule has 2 aromatic rings. The summed E-state index contributed by atoms with van der Waals surface area (Å²) in [6.07, 6.45) is 8.21. The average Bonchev–Trinajstić information content (AvgIpc) is 3.45. The van der Waals surface area contributed by atoms with Crippen molar-refractivity contribution in [1.29, 1.82) is 0 Å². The van der Waals surface area contributed by atoms with Gasteiger partial charge in [0, 0.05) is 50.9 Å². The lowest BCUT2D eigenvalue weighted by molar-refractivity contribution is -0.131. The molecular weight excluding hydrogens is 330 g/mol. The molecule has 4 rings (SSSR count). The Morgan fingerprint density at radius 3 is 2.96 bits per heavy atom. The lowest BCUT2D eigenvalue weighted by Crippen LogP contribution is -2.35. The first-order chi connectivity index (χ1) is 12.8. The third kappa shape index (κ3) is 4.46. The molecule has 26 heavy (non-hydrogen) atoms. The van der Waals surface area contributed by atoms with Gasteiger partial charge in [0.1, 0.15) is 0 Å². The molecule has 2 aliphatic rings. The Morgan fingerprint density at radius 2 is 2.15 bits per heavy atom. The molecule has 138 valence electrons. The topological polar surface area (TPSA) is 75.4 Å². The molecule has 1 amide bonds. The lowest BCUT2D eigenvalue weighted by atomic mass is 10.1. The van der Waals surface area contributed by atoms with E-state index in [0.29, 0.717) is 24.8 Å². The molecular formula is C19H25N5O2. The van der Waals surface area contributed by atoms with Crippen molar-refractivity contribution in [2.24, 2.45) is 0 Å². The molecule has 7 nitrogen and oxygen atoms in total. The van der Waals surface area contributed by atoms with Gasteiger partial charge in [-0.05, 0) is 37.3 Å². The van der Waals surface area contributed by atoms with E-state index in [2.05, 4.69) is 20.0 Å². The maximum Gasteiger partial charge on any atom is 0.240 e. The Labute approximate surface area is 153 Å². The van der Waals surface area contributed by atoms with Gasteiger partial charge in [-0.3, -0.25) is 14.7 Å². The van der Waals surface area contributed by atoms with Crippen molar-refractivity contribution in [3.8, 4) is 0 Å². The molecule has 0 unspecified atom stereocenters. The van der Waals surface area contributed by atoms with Gasteiger partial charge in [-0.1, -0.05) is 11.2 Å². The van der Waals surface area contributed by atoms with E-state index in [1.54, 1.807) is 6.20 Å². The highest BCUT2D eigenvalue weighted by Gasteiger charge is 2.29. The highest BCUT2D eigenvalue weighted by Crippen LogP contribution is 2.38. The molecule has 0 atom stereocenters. The molecule has 1 aliphatic carbocycles. The third-order valence-corrected chi connectivity index (χ3v) is 5.08. The van der Waals surface area contributed by atoms with Crippen LogP contribution in [0.3, 0.4) is 0 Å².